The lowest BCUT2D eigenvalue weighted by Crippen LogP contribution is -2.12. The normalized spacial score (nSPS) is 10.6. The Labute approximate surface area is 123 Å². The van der Waals surface area contributed by atoms with Gasteiger partial charge in [0.15, 0.2) is 0 Å². The Morgan fingerprint density at radius 2 is 2.05 bits per heavy atom. The van der Waals surface area contributed by atoms with Crippen molar-refractivity contribution >= 4 is 23.0 Å². The molecule has 2 rings (SSSR count). The third-order valence-electron chi connectivity index (χ3n) is 3.04. The lowest BCUT2D eigenvalue weighted by atomic mass is 10.2. The SMILES string of the molecule is CCCc1nc(NN)cc(NCc2sccc2CC)n1. The van der Waals surface area contributed by atoms with Crippen molar-refractivity contribution in [3.63, 3.8) is 0 Å². The molecule has 0 atom stereocenters. The number of nitrogens with zero attached hydrogens (tertiary/aromatic N) is 2. The van der Waals surface area contributed by atoms with Gasteiger partial charge in [0, 0.05) is 17.4 Å². The van der Waals surface area contributed by atoms with E-state index in [0.717, 1.165) is 37.4 Å². The Kier molecular flexibility index (Phi) is 5.31. The summed E-state index contributed by atoms with van der Waals surface area (Å²) in [6.07, 6.45) is 2.92. The Balaban J connectivity index is 2.10. The molecule has 2 aromatic rings. The van der Waals surface area contributed by atoms with E-state index in [1.165, 1.54) is 10.4 Å². The second-order valence-corrected chi connectivity index (χ2v) is 5.53. The van der Waals surface area contributed by atoms with Crippen LogP contribution in [0.25, 0.3) is 0 Å². The number of thiophene rings is 1. The second-order valence-electron chi connectivity index (χ2n) is 4.53. The molecular weight excluding hydrogens is 270 g/mol. The van der Waals surface area contributed by atoms with Crippen molar-refractivity contribution in [3.05, 3.63) is 33.8 Å². The van der Waals surface area contributed by atoms with Gasteiger partial charge in [-0.3, -0.25) is 0 Å². The topological polar surface area (TPSA) is 75.9 Å². The predicted octanol–water partition coefficient (Wildman–Crippen LogP) is 2.95. The van der Waals surface area contributed by atoms with Crippen molar-refractivity contribution < 1.29 is 0 Å². The summed E-state index contributed by atoms with van der Waals surface area (Å²) in [5.74, 6) is 7.72. The van der Waals surface area contributed by atoms with E-state index in [2.05, 4.69) is 46.0 Å². The van der Waals surface area contributed by atoms with Gasteiger partial charge in [0.1, 0.15) is 17.5 Å². The van der Waals surface area contributed by atoms with Gasteiger partial charge in [-0.05, 0) is 29.9 Å². The summed E-state index contributed by atoms with van der Waals surface area (Å²) < 4.78 is 0. The molecule has 0 aliphatic rings. The van der Waals surface area contributed by atoms with Gasteiger partial charge in [-0.1, -0.05) is 13.8 Å². The fraction of sp³-hybridized carbons (Fsp3) is 0.429. The van der Waals surface area contributed by atoms with Crippen LogP contribution in [0.1, 0.15) is 36.5 Å². The summed E-state index contributed by atoms with van der Waals surface area (Å²) >= 11 is 1.77. The van der Waals surface area contributed by atoms with E-state index in [1.807, 2.05) is 6.07 Å². The molecule has 0 radical (unpaired) electrons. The number of hydrazine groups is 1. The molecule has 2 heterocycles. The summed E-state index contributed by atoms with van der Waals surface area (Å²) in [4.78, 5) is 10.2. The molecular formula is C14H21N5S. The molecule has 0 bridgehead atoms. The first-order valence-corrected chi connectivity index (χ1v) is 7.78. The maximum Gasteiger partial charge on any atom is 0.145 e. The van der Waals surface area contributed by atoms with Crippen LogP contribution in [-0.4, -0.2) is 9.97 Å². The maximum atomic E-state index is 5.45. The Morgan fingerprint density at radius 3 is 2.75 bits per heavy atom. The minimum atomic E-state index is 0.646. The van der Waals surface area contributed by atoms with Crippen molar-refractivity contribution in [3.8, 4) is 0 Å². The van der Waals surface area contributed by atoms with Crippen LogP contribution in [0.3, 0.4) is 0 Å². The fourth-order valence-electron chi connectivity index (χ4n) is 2.01. The largest absolute Gasteiger partial charge is 0.365 e. The van der Waals surface area contributed by atoms with Gasteiger partial charge in [-0.25, -0.2) is 15.8 Å². The lowest BCUT2D eigenvalue weighted by Gasteiger charge is -2.09. The molecule has 2 aromatic heterocycles. The molecule has 6 heteroatoms. The third kappa shape index (κ3) is 3.68. The quantitative estimate of drug-likeness (QED) is 0.540. The molecule has 0 saturated heterocycles. The maximum absolute atomic E-state index is 5.45. The molecule has 5 nitrogen and oxygen atoms in total. The van der Waals surface area contributed by atoms with Gasteiger partial charge in [0.2, 0.25) is 0 Å². The molecule has 0 aromatic carbocycles. The molecule has 0 saturated carbocycles. The van der Waals surface area contributed by atoms with E-state index in [4.69, 9.17) is 5.84 Å². The molecule has 0 unspecified atom stereocenters. The zero-order valence-electron chi connectivity index (χ0n) is 11.9. The van der Waals surface area contributed by atoms with Crippen molar-refractivity contribution in [2.45, 2.75) is 39.7 Å². The van der Waals surface area contributed by atoms with E-state index in [0.29, 0.717) is 5.82 Å². The Morgan fingerprint density at radius 1 is 1.25 bits per heavy atom. The number of aryl methyl sites for hydroxylation is 2. The average Bonchev–Trinajstić information content (AvgIpc) is 2.92. The van der Waals surface area contributed by atoms with Gasteiger partial charge >= 0.3 is 0 Å². The van der Waals surface area contributed by atoms with Crippen LogP contribution >= 0.6 is 11.3 Å². The van der Waals surface area contributed by atoms with Gasteiger partial charge in [0.05, 0.1) is 6.54 Å². The molecule has 0 aliphatic heterocycles. The predicted molar refractivity (Wildman–Crippen MR) is 84.9 cm³/mol. The summed E-state index contributed by atoms with van der Waals surface area (Å²) in [7, 11) is 0. The first kappa shape index (κ1) is 14.7. The molecule has 108 valence electrons. The number of anilines is 2. The fourth-order valence-corrected chi connectivity index (χ4v) is 2.92. The number of nitrogens with two attached hydrogens (primary N) is 1. The van der Waals surface area contributed by atoms with Gasteiger partial charge < -0.3 is 10.7 Å². The van der Waals surface area contributed by atoms with E-state index in [-0.39, 0.29) is 0 Å². The van der Waals surface area contributed by atoms with Crippen LogP contribution in [-0.2, 0) is 19.4 Å². The van der Waals surface area contributed by atoms with Gasteiger partial charge in [0.25, 0.3) is 0 Å². The summed E-state index contributed by atoms with van der Waals surface area (Å²) in [5.41, 5.74) is 3.98. The number of hydrogen-bond acceptors (Lipinski definition) is 6. The number of hydrogen-bond donors (Lipinski definition) is 3. The highest BCUT2D eigenvalue weighted by Crippen LogP contribution is 2.19. The molecule has 20 heavy (non-hydrogen) atoms. The van der Waals surface area contributed by atoms with Crippen molar-refractivity contribution in [1.82, 2.24) is 9.97 Å². The first-order chi connectivity index (χ1) is 9.76. The highest BCUT2D eigenvalue weighted by molar-refractivity contribution is 7.10. The summed E-state index contributed by atoms with van der Waals surface area (Å²) in [5, 5.41) is 5.49. The highest BCUT2D eigenvalue weighted by Gasteiger charge is 2.06. The molecule has 0 fully saturated rings. The standard InChI is InChI=1S/C14H21N5S/c1-3-5-12-17-13(8-14(18-12)19-15)16-9-11-10(4-2)6-7-20-11/h6-8H,3-5,9,15H2,1-2H3,(H2,16,17,18,19). The van der Waals surface area contributed by atoms with E-state index in [1.54, 1.807) is 11.3 Å². The second kappa shape index (κ2) is 7.21. The number of aromatic nitrogens is 2. The Hall–Kier alpha value is -1.66. The lowest BCUT2D eigenvalue weighted by molar-refractivity contribution is 0.834. The van der Waals surface area contributed by atoms with Crippen molar-refractivity contribution in [2.75, 3.05) is 10.7 Å². The number of nitrogens with one attached hydrogen (secondary N) is 2. The zero-order chi connectivity index (χ0) is 14.4. The van der Waals surface area contributed by atoms with Crippen LogP contribution < -0.4 is 16.6 Å². The van der Waals surface area contributed by atoms with E-state index < -0.39 is 0 Å². The van der Waals surface area contributed by atoms with Crippen LogP contribution in [0.15, 0.2) is 17.5 Å². The van der Waals surface area contributed by atoms with Gasteiger partial charge in [-0.15, -0.1) is 11.3 Å². The first-order valence-electron chi connectivity index (χ1n) is 6.90. The van der Waals surface area contributed by atoms with Crippen LogP contribution in [0.2, 0.25) is 0 Å². The van der Waals surface area contributed by atoms with Crippen LogP contribution in [0.5, 0.6) is 0 Å². The molecule has 0 amide bonds. The van der Waals surface area contributed by atoms with E-state index >= 15 is 0 Å². The number of nitrogen functional groups attached to an aromatic ring is 1. The van der Waals surface area contributed by atoms with Gasteiger partial charge in [-0.2, -0.15) is 0 Å². The minimum absolute atomic E-state index is 0.646. The van der Waals surface area contributed by atoms with Crippen LogP contribution in [0, 0.1) is 0 Å². The average molecular weight is 291 g/mol. The molecule has 0 spiro atoms. The van der Waals surface area contributed by atoms with Crippen LogP contribution in [0.4, 0.5) is 11.6 Å². The highest BCUT2D eigenvalue weighted by atomic mass is 32.1. The van der Waals surface area contributed by atoms with Crippen molar-refractivity contribution in [1.29, 1.82) is 0 Å². The molecule has 0 aliphatic carbocycles. The smallest absolute Gasteiger partial charge is 0.145 e. The summed E-state index contributed by atoms with van der Waals surface area (Å²) in [6.45, 7) is 5.07. The van der Waals surface area contributed by atoms with E-state index in [9.17, 15) is 0 Å². The Bertz CT molecular complexity index is 552. The van der Waals surface area contributed by atoms with Crippen molar-refractivity contribution in [2.24, 2.45) is 5.84 Å². The third-order valence-corrected chi connectivity index (χ3v) is 4.01. The summed E-state index contributed by atoms with van der Waals surface area (Å²) in [6, 6.07) is 4.01. The monoisotopic (exact) mass is 291 g/mol. The molecule has 4 N–H and O–H groups in total. The zero-order valence-corrected chi connectivity index (χ0v) is 12.8. The minimum Gasteiger partial charge on any atom is -0.365 e. The number of rotatable bonds is 7.